The lowest BCUT2D eigenvalue weighted by molar-refractivity contribution is 0.157. The second-order valence-corrected chi connectivity index (χ2v) is 4.78. The fourth-order valence-corrected chi connectivity index (χ4v) is 3.02. The summed E-state index contributed by atoms with van der Waals surface area (Å²) in [5.74, 6) is 0.924. The van der Waals surface area contributed by atoms with Gasteiger partial charge in [-0.3, -0.25) is 0 Å². The minimum Gasteiger partial charge on any atom is -0.302 e. The molecule has 2 heterocycles. The van der Waals surface area contributed by atoms with E-state index < -0.39 is 0 Å². The van der Waals surface area contributed by atoms with Crippen LogP contribution in [0.15, 0.2) is 0 Å². The number of halogens is 1. The molecule has 0 N–H and O–H groups in total. The van der Waals surface area contributed by atoms with E-state index >= 15 is 0 Å². The van der Waals surface area contributed by atoms with Crippen molar-refractivity contribution in [2.45, 2.75) is 18.9 Å². The third-order valence-electron chi connectivity index (χ3n) is 3.01. The lowest BCUT2D eigenvalue weighted by atomic mass is 9.93. The first kappa shape index (κ1) is 8.02. The fourth-order valence-electron chi connectivity index (χ4n) is 2.35. The number of fused-ring (bicyclic) bond motifs is 1. The zero-order valence-electron chi connectivity index (χ0n) is 6.96. The van der Waals surface area contributed by atoms with Crippen LogP contribution in [0, 0.1) is 5.92 Å². The molecular weight excluding hydrogens is 204 g/mol. The van der Waals surface area contributed by atoms with Gasteiger partial charge in [-0.1, -0.05) is 0 Å². The second kappa shape index (κ2) is 3.04. The average molecular weight is 219 g/mol. The number of rotatable bonds is 0. The molecule has 3 heteroatoms. The molecule has 2 rings (SSSR count). The fraction of sp³-hybridized carbons (Fsp3) is 1.00. The number of hydrogen-bond donors (Lipinski definition) is 0. The van der Waals surface area contributed by atoms with Crippen LogP contribution >= 0.6 is 16.1 Å². The molecule has 0 aromatic heterocycles. The lowest BCUT2D eigenvalue weighted by Crippen LogP contribution is -2.42. The van der Waals surface area contributed by atoms with Crippen LogP contribution in [0.3, 0.4) is 0 Å². The van der Waals surface area contributed by atoms with Crippen LogP contribution < -0.4 is 0 Å². The van der Waals surface area contributed by atoms with Gasteiger partial charge >= 0.3 is 0 Å². The average Bonchev–Trinajstić information content (AvgIpc) is 2.31. The first-order valence-corrected chi connectivity index (χ1v) is 5.09. The molecule has 0 bridgehead atoms. The van der Waals surface area contributed by atoms with E-state index in [-0.39, 0.29) is 0 Å². The van der Waals surface area contributed by atoms with Crippen molar-refractivity contribution in [1.29, 1.82) is 0 Å². The highest BCUT2D eigenvalue weighted by atomic mass is 79.9. The summed E-state index contributed by atoms with van der Waals surface area (Å²) in [6, 6.07) is 0.822. The van der Waals surface area contributed by atoms with Crippen molar-refractivity contribution in [1.82, 2.24) is 8.83 Å². The van der Waals surface area contributed by atoms with Gasteiger partial charge in [0.15, 0.2) is 0 Å². The number of likely N-dealkylation sites (N-methyl/N-ethyl adjacent to an activating group) is 1. The Labute approximate surface area is 76.9 Å². The highest BCUT2D eigenvalue weighted by Crippen LogP contribution is 2.30. The summed E-state index contributed by atoms with van der Waals surface area (Å²) in [5.41, 5.74) is 0. The van der Waals surface area contributed by atoms with E-state index in [1.807, 2.05) is 0 Å². The van der Waals surface area contributed by atoms with Crippen molar-refractivity contribution < 1.29 is 0 Å². The van der Waals surface area contributed by atoms with E-state index in [2.05, 4.69) is 32.0 Å². The van der Waals surface area contributed by atoms with Crippen molar-refractivity contribution in [3.63, 3.8) is 0 Å². The molecule has 2 saturated heterocycles. The van der Waals surface area contributed by atoms with Crippen LogP contribution in [0.1, 0.15) is 12.8 Å². The Kier molecular flexibility index (Phi) is 2.21. The van der Waals surface area contributed by atoms with Gasteiger partial charge in [0.05, 0.1) is 0 Å². The Morgan fingerprint density at radius 1 is 1.36 bits per heavy atom. The largest absolute Gasteiger partial charge is 0.302 e. The summed E-state index contributed by atoms with van der Waals surface area (Å²) in [5, 5.41) is 0. The van der Waals surface area contributed by atoms with E-state index in [1.54, 1.807) is 0 Å². The Morgan fingerprint density at radius 2 is 2.18 bits per heavy atom. The molecule has 0 aromatic carbocycles. The Bertz CT molecular complexity index is 151. The van der Waals surface area contributed by atoms with Crippen LogP contribution in [0.4, 0.5) is 0 Å². The summed E-state index contributed by atoms with van der Waals surface area (Å²) in [6.07, 6.45) is 2.82. The maximum absolute atomic E-state index is 3.56. The van der Waals surface area contributed by atoms with Crippen LogP contribution in [-0.4, -0.2) is 41.5 Å². The molecule has 2 fully saturated rings. The molecule has 64 valence electrons. The van der Waals surface area contributed by atoms with E-state index in [0.29, 0.717) is 0 Å². The predicted octanol–water partition coefficient (Wildman–Crippen LogP) is 1.32. The van der Waals surface area contributed by atoms with Gasteiger partial charge in [0.1, 0.15) is 0 Å². The molecular formula is C8H15BrN2. The molecule has 0 spiro atoms. The van der Waals surface area contributed by atoms with E-state index in [1.165, 1.54) is 32.5 Å². The van der Waals surface area contributed by atoms with Crippen LogP contribution in [0.25, 0.3) is 0 Å². The van der Waals surface area contributed by atoms with Gasteiger partial charge in [-0.2, -0.15) is 0 Å². The standard InChI is InChI=1S/C8H15BrN2/c1-10-4-2-3-7-5-11(9)6-8(7)10/h7-8H,2-6H2,1H3/t7-,8+/m0/s1. The van der Waals surface area contributed by atoms with Gasteiger partial charge in [0.2, 0.25) is 0 Å². The SMILES string of the molecule is CN1CCC[C@H]2CN(Br)C[C@H]21. The number of nitrogens with zero attached hydrogens (tertiary/aromatic N) is 2. The highest BCUT2D eigenvalue weighted by molar-refractivity contribution is 9.07. The topological polar surface area (TPSA) is 6.48 Å². The van der Waals surface area contributed by atoms with Gasteiger partial charge in [-0.15, -0.1) is 0 Å². The van der Waals surface area contributed by atoms with Crippen molar-refractivity contribution in [2.24, 2.45) is 5.92 Å². The molecule has 2 aliphatic rings. The van der Waals surface area contributed by atoms with E-state index in [0.717, 1.165) is 12.0 Å². The minimum absolute atomic E-state index is 0.822. The van der Waals surface area contributed by atoms with Gasteiger partial charge in [-0.25, -0.2) is 3.93 Å². The summed E-state index contributed by atoms with van der Waals surface area (Å²) in [6.45, 7) is 3.75. The lowest BCUT2D eigenvalue weighted by Gasteiger charge is -2.33. The molecule has 2 nitrogen and oxygen atoms in total. The number of piperidine rings is 1. The number of hydrogen-bond acceptors (Lipinski definition) is 2. The normalized spacial score (nSPS) is 40.9. The number of likely N-dealkylation sites (tertiary alicyclic amines) is 1. The van der Waals surface area contributed by atoms with Gasteiger partial charge in [-0.05, 0) is 32.4 Å². The smallest absolute Gasteiger partial charge is 0.0270 e. The van der Waals surface area contributed by atoms with Crippen molar-refractivity contribution >= 4 is 16.1 Å². The van der Waals surface area contributed by atoms with Crippen LogP contribution in [-0.2, 0) is 0 Å². The molecule has 0 aliphatic carbocycles. The first-order valence-electron chi connectivity index (χ1n) is 4.38. The van der Waals surface area contributed by atoms with Gasteiger partial charge < -0.3 is 4.90 Å². The summed E-state index contributed by atoms with van der Waals surface area (Å²) < 4.78 is 2.28. The monoisotopic (exact) mass is 218 g/mol. The Hall–Kier alpha value is 0.400. The van der Waals surface area contributed by atoms with Crippen molar-refractivity contribution in [3.8, 4) is 0 Å². The van der Waals surface area contributed by atoms with E-state index in [4.69, 9.17) is 0 Å². The minimum atomic E-state index is 0.822. The van der Waals surface area contributed by atoms with Gasteiger partial charge in [0.25, 0.3) is 0 Å². The van der Waals surface area contributed by atoms with Crippen LogP contribution in [0.5, 0.6) is 0 Å². The van der Waals surface area contributed by atoms with Crippen LogP contribution in [0.2, 0.25) is 0 Å². The third kappa shape index (κ3) is 1.46. The molecule has 0 aromatic rings. The van der Waals surface area contributed by atoms with E-state index in [9.17, 15) is 0 Å². The Balaban J connectivity index is 2.03. The molecule has 2 aliphatic heterocycles. The first-order chi connectivity index (χ1) is 5.27. The molecule has 0 saturated carbocycles. The van der Waals surface area contributed by atoms with Crippen molar-refractivity contribution in [3.05, 3.63) is 0 Å². The molecule has 0 amide bonds. The summed E-state index contributed by atoms with van der Waals surface area (Å²) in [4.78, 5) is 2.51. The summed E-state index contributed by atoms with van der Waals surface area (Å²) >= 11 is 3.56. The highest BCUT2D eigenvalue weighted by Gasteiger charge is 2.36. The second-order valence-electron chi connectivity index (χ2n) is 3.78. The third-order valence-corrected chi connectivity index (χ3v) is 3.59. The molecule has 11 heavy (non-hydrogen) atoms. The molecule has 0 radical (unpaired) electrons. The zero-order chi connectivity index (χ0) is 7.84. The summed E-state index contributed by atoms with van der Waals surface area (Å²) in [7, 11) is 2.25. The van der Waals surface area contributed by atoms with Crippen molar-refractivity contribution in [2.75, 3.05) is 26.7 Å². The van der Waals surface area contributed by atoms with Gasteiger partial charge in [0, 0.05) is 35.3 Å². The molecule has 0 unspecified atom stereocenters. The maximum atomic E-state index is 3.56. The zero-order valence-corrected chi connectivity index (χ0v) is 8.55. The predicted molar refractivity (Wildman–Crippen MR) is 49.6 cm³/mol. The molecule has 2 atom stereocenters. The quantitative estimate of drug-likeness (QED) is 0.567. The Morgan fingerprint density at radius 3 is 2.91 bits per heavy atom. The maximum Gasteiger partial charge on any atom is 0.0270 e.